The first-order chi connectivity index (χ1) is 11.7. The molecule has 0 radical (unpaired) electrons. The maximum Gasteiger partial charge on any atom is 0.272 e. The lowest BCUT2D eigenvalue weighted by molar-refractivity contribution is -0.134. The van der Waals surface area contributed by atoms with E-state index in [9.17, 15) is 9.59 Å². The Balaban J connectivity index is 1.73. The second-order valence-corrected chi connectivity index (χ2v) is 6.20. The van der Waals surface area contributed by atoms with Crippen molar-refractivity contribution in [3.63, 3.8) is 0 Å². The average molecular weight is 329 g/mol. The van der Waals surface area contributed by atoms with Crippen LogP contribution in [0.1, 0.15) is 31.9 Å². The van der Waals surface area contributed by atoms with Gasteiger partial charge in [-0.1, -0.05) is 25.1 Å². The van der Waals surface area contributed by atoms with Gasteiger partial charge in [-0.15, -0.1) is 0 Å². The van der Waals surface area contributed by atoms with E-state index in [0.29, 0.717) is 17.6 Å². The summed E-state index contributed by atoms with van der Waals surface area (Å²) in [5.74, 6) is 0.0319. The zero-order chi connectivity index (χ0) is 16.9. The van der Waals surface area contributed by atoms with Gasteiger partial charge in [-0.3, -0.25) is 9.59 Å². The van der Waals surface area contributed by atoms with Crippen LogP contribution in [0, 0.1) is 0 Å². The molecule has 2 aromatic rings. The zero-order valence-electron chi connectivity index (χ0n) is 14.0. The first-order valence-corrected chi connectivity index (χ1v) is 8.54. The number of likely N-dealkylation sites (tertiary alicyclic amines) is 1. The minimum atomic E-state index is -0.229. The molecular formula is C18H23N3O3. The zero-order valence-corrected chi connectivity index (χ0v) is 14.0. The molecule has 0 aliphatic carbocycles. The van der Waals surface area contributed by atoms with Crippen LogP contribution in [0.2, 0.25) is 0 Å². The molecule has 0 saturated carbocycles. The smallest absolute Gasteiger partial charge is 0.272 e. The Hall–Kier alpha value is -2.21. The van der Waals surface area contributed by atoms with Gasteiger partial charge in [0.05, 0.1) is 23.6 Å². The molecule has 1 aromatic heterocycles. The number of nitrogens with one attached hydrogen (secondary N) is 1. The predicted octanol–water partition coefficient (Wildman–Crippen LogP) is 1.88. The van der Waals surface area contributed by atoms with Gasteiger partial charge in [0.25, 0.3) is 5.56 Å². The van der Waals surface area contributed by atoms with Gasteiger partial charge in [0, 0.05) is 25.1 Å². The van der Waals surface area contributed by atoms with Crippen molar-refractivity contribution in [2.24, 2.45) is 0 Å². The van der Waals surface area contributed by atoms with Crippen LogP contribution in [0.5, 0.6) is 0 Å². The maximum atomic E-state index is 12.7. The second kappa shape index (κ2) is 7.57. The molecule has 24 heavy (non-hydrogen) atoms. The van der Waals surface area contributed by atoms with Gasteiger partial charge < -0.3 is 9.64 Å². The molecule has 2 heterocycles. The molecule has 1 aromatic carbocycles. The van der Waals surface area contributed by atoms with E-state index in [2.05, 4.69) is 17.1 Å². The van der Waals surface area contributed by atoms with E-state index < -0.39 is 0 Å². The summed E-state index contributed by atoms with van der Waals surface area (Å²) in [7, 11) is 0. The quantitative estimate of drug-likeness (QED) is 0.909. The van der Waals surface area contributed by atoms with Crippen LogP contribution >= 0.6 is 0 Å². The van der Waals surface area contributed by atoms with Crippen molar-refractivity contribution < 1.29 is 9.53 Å². The van der Waals surface area contributed by atoms with Gasteiger partial charge in [-0.05, 0) is 25.3 Å². The molecule has 1 unspecified atom stereocenters. The molecule has 1 saturated heterocycles. The molecule has 1 aliphatic rings. The normalized spacial score (nSPS) is 18.0. The third-order valence-electron chi connectivity index (χ3n) is 4.38. The van der Waals surface area contributed by atoms with Gasteiger partial charge in [-0.25, -0.2) is 5.10 Å². The number of hydrogen-bond acceptors (Lipinski definition) is 4. The number of carbonyl (C=O) groups is 1. The van der Waals surface area contributed by atoms with Gasteiger partial charge in [0.1, 0.15) is 0 Å². The van der Waals surface area contributed by atoms with Crippen molar-refractivity contribution >= 4 is 16.7 Å². The SMILES string of the molecule is CCCOC1CCCN(C(=O)Cc2n[nH]c(=O)c3ccccc23)C1. The number of amides is 1. The van der Waals surface area contributed by atoms with Crippen LogP contribution in [0.4, 0.5) is 0 Å². The monoisotopic (exact) mass is 329 g/mol. The maximum absolute atomic E-state index is 12.7. The number of carbonyl (C=O) groups excluding carboxylic acids is 1. The van der Waals surface area contributed by atoms with Crippen LogP contribution in [0.3, 0.4) is 0 Å². The topological polar surface area (TPSA) is 75.3 Å². The lowest BCUT2D eigenvalue weighted by Crippen LogP contribution is -2.44. The van der Waals surface area contributed by atoms with E-state index in [1.165, 1.54) is 0 Å². The number of fused-ring (bicyclic) bond motifs is 1. The number of nitrogens with zero attached hydrogens (tertiary/aromatic N) is 2. The third kappa shape index (κ3) is 3.64. The van der Waals surface area contributed by atoms with E-state index in [-0.39, 0.29) is 24.0 Å². The molecule has 6 nitrogen and oxygen atoms in total. The van der Waals surface area contributed by atoms with Crippen LogP contribution < -0.4 is 5.56 Å². The largest absolute Gasteiger partial charge is 0.376 e. The summed E-state index contributed by atoms with van der Waals surface area (Å²) in [6.45, 7) is 4.21. The molecule has 1 amide bonds. The standard InChI is InChI=1S/C18H23N3O3/c1-2-10-24-13-6-5-9-21(12-13)17(22)11-16-14-7-3-4-8-15(14)18(23)20-19-16/h3-4,7-8,13H,2,5-6,9-12H2,1H3,(H,20,23). The van der Waals surface area contributed by atoms with Crippen molar-refractivity contribution in [3.8, 4) is 0 Å². The Morgan fingerprint density at radius 3 is 2.96 bits per heavy atom. The van der Waals surface area contributed by atoms with E-state index in [1.54, 1.807) is 6.07 Å². The molecule has 1 aliphatic heterocycles. The van der Waals surface area contributed by atoms with Crippen molar-refractivity contribution in [2.45, 2.75) is 38.7 Å². The molecule has 1 fully saturated rings. The summed E-state index contributed by atoms with van der Waals surface area (Å²) in [4.78, 5) is 26.3. The number of hydrogen-bond donors (Lipinski definition) is 1. The van der Waals surface area contributed by atoms with Gasteiger partial charge in [0.15, 0.2) is 0 Å². The molecule has 3 rings (SSSR count). The number of rotatable bonds is 5. The van der Waals surface area contributed by atoms with Gasteiger partial charge in [0.2, 0.25) is 5.91 Å². The highest BCUT2D eigenvalue weighted by Crippen LogP contribution is 2.17. The summed E-state index contributed by atoms with van der Waals surface area (Å²) in [5.41, 5.74) is 0.389. The Kier molecular flexibility index (Phi) is 5.25. The Morgan fingerprint density at radius 1 is 1.38 bits per heavy atom. The number of H-pyrrole nitrogens is 1. The predicted molar refractivity (Wildman–Crippen MR) is 91.9 cm³/mol. The minimum Gasteiger partial charge on any atom is -0.376 e. The molecule has 128 valence electrons. The van der Waals surface area contributed by atoms with Crippen LogP contribution in [0.15, 0.2) is 29.1 Å². The van der Waals surface area contributed by atoms with Crippen molar-refractivity contribution in [1.29, 1.82) is 0 Å². The van der Waals surface area contributed by atoms with Crippen LogP contribution in [-0.4, -0.2) is 46.8 Å². The number of benzene rings is 1. The first kappa shape index (κ1) is 16.6. The van der Waals surface area contributed by atoms with E-state index in [0.717, 1.165) is 37.8 Å². The number of ether oxygens (including phenoxy) is 1. The summed E-state index contributed by atoms with van der Waals surface area (Å²) in [6.07, 6.45) is 3.27. The first-order valence-electron chi connectivity index (χ1n) is 8.54. The van der Waals surface area contributed by atoms with E-state index in [1.807, 2.05) is 23.1 Å². The summed E-state index contributed by atoms with van der Waals surface area (Å²) >= 11 is 0. The molecular weight excluding hydrogens is 306 g/mol. The fraction of sp³-hybridized carbons (Fsp3) is 0.500. The number of aromatic amines is 1. The highest BCUT2D eigenvalue weighted by atomic mass is 16.5. The molecule has 1 N–H and O–H groups in total. The Bertz CT molecular complexity index is 771. The van der Waals surface area contributed by atoms with Gasteiger partial charge >= 0.3 is 0 Å². The Morgan fingerprint density at radius 2 is 2.17 bits per heavy atom. The Labute approximate surface area is 140 Å². The summed E-state index contributed by atoms with van der Waals surface area (Å²) < 4.78 is 5.79. The van der Waals surface area contributed by atoms with Crippen LogP contribution in [-0.2, 0) is 16.0 Å². The lowest BCUT2D eigenvalue weighted by atomic mass is 10.1. The van der Waals surface area contributed by atoms with Crippen molar-refractivity contribution in [2.75, 3.05) is 19.7 Å². The second-order valence-electron chi connectivity index (χ2n) is 6.20. The molecule has 1 atom stereocenters. The van der Waals surface area contributed by atoms with Crippen molar-refractivity contribution in [1.82, 2.24) is 15.1 Å². The lowest BCUT2D eigenvalue weighted by Gasteiger charge is -2.32. The fourth-order valence-electron chi connectivity index (χ4n) is 3.15. The van der Waals surface area contributed by atoms with Gasteiger partial charge in [-0.2, -0.15) is 5.10 Å². The average Bonchev–Trinajstić information content (AvgIpc) is 2.63. The number of piperidine rings is 1. The minimum absolute atomic E-state index is 0.0319. The number of aromatic nitrogens is 2. The molecule has 0 spiro atoms. The molecule has 0 bridgehead atoms. The van der Waals surface area contributed by atoms with E-state index >= 15 is 0 Å². The van der Waals surface area contributed by atoms with E-state index in [4.69, 9.17) is 4.74 Å². The van der Waals surface area contributed by atoms with Crippen molar-refractivity contribution in [3.05, 3.63) is 40.3 Å². The highest BCUT2D eigenvalue weighted by Gasteiger charge is 2.24. The fourth-order valence-corrected chi connectivity index (χ4v) is 3.15. The third-order valence-corrected chi connectivity index (χ3v) is 4.38. The highest BCUT2D eigenvalue weighted by molar-refractivity contribution is 5.88. The van der Waals surface area contributed by atoms with Crippen LogP contribution in [0.25, 0.3) is 10.8 Å². The summed E-state index contributed by atoms with van der Waals surface area (Å²) in [5, 5.41) is 7.89. The summed E-state index contributed by atoms with van der Waals surface area (Å²) in [6, 6.07) is 7.25. The molecule has 6 heteroatoms.